The van der Waals surface area contributed by atoms with Gasteiger partial charge in [0.15, 0.2) is 5.96 Å². The maximum Gasteiger partial charge on any atom is 0.217 e. The predicted octanol–water partition coefficient (Wildman–Crippen LogP) is 5.85. The normalized spacial score (nSPS) is 16.2. The number of hydrogen-bond donors (Lipinski definition) is 1. The number of fused-ring (bicyclic) bond motifs is 5. The Bertz CT molecular complexity index is 1090. The molecule has 2 heterocycles. The number of nitrogens with two attached hydrogens (primary N) is 1. The summed E-state index contributed by atoms with van der Waals surface area (Å²) in [6, 6.07) is 17.3. The van der Waals surface area contributed by atoms with Crippen LogP contribution < -0.4 is 10.6 Å². The van der Waals surface area contributed by atoms with E-state index in [1.165, 1.54) is 67.3 Å². The first-order valence-corrected chi connectivity index (χ1v) is 14.6. The van der Waals surface area contributed by atoms with Crippen LogP contribution in [0.2, 0.25) is 0 Å². The Morgan fingerprint density at radius 1 is 0.917 bits per heavy atom. The van der Waals surface area contributed by atoms with E-state index >= 15 is 0 Å². The largest absolute Gasteiger partial charge is 0.726 e. The second-order valence-corrected chi connectivity index (χ2v) is 10.6. The number of guanidine groups is 1. The zero-order chi connectivity index (χ0) is 25.8. The average Bonchev–Trinajstić information content (AvgIpc) is 3.16. The van der Waals surface area contributed by atoms with Gasteiger partial charge in [-0.2, -0.15) is 0 Å². The second-order valence-electron chi connectivity index (χ2n) is 9.50. The van der Waals surface area contributed by atoms with Crippen molar-refractivity contribution in [3.8, 4) is 0 Å². The Morgan fingerprint density at radius 3 is 2.17 bits per heavy atom. The van der Waals surface area contributed by atoms with Gasteiger partial charge in [-0.3, -0.25) is 9.18 Å². The van der Waals surface area contributed by atoms with Crippen molar-refractivity contribution in [3.63, 3.8) is 0 Å². The SMILES string of the molecule is CCCCCCCCCCCCOS(=O)(=O)[O-].NC1=NCC2c3ccccc3Cc3ccccc3N12. The van der Waals surface area contributed by atoms with Crippen LogP contribution in [-0.2, 0) is 21.0 Å². The van der Waals surface area contributed by atoms with Crippen LogP contribution in [0.1, 0.15) is 93.9 Å². The van der Waals surface area contributed by atoms with Gasteiger partial charge in [0.2, 0.25) is 10.4 Å². The number of anilines is 1. The molecule has 8 heteroatoms. The summed E-state index contributed by atoms with van der Waals surface area (Å²) in [6.07, 6.45) is 12.7. The van der Waals surface area contributed by atoms with E-state index in [0.29, 0.717) is 12.4 Å². The lowest BCUT2D eigenvalue weighted by Gasteiger charge is -2.26. The predicted molar refractivity (Wildman–Crippen MR) is 145 cm³/mol. The fourth-order valence-corrected chi connectivity index (χ4v) is 5.22. The lowest BCUT2D eigenvalue weighted by Crippen LogP contribution is -2.36. The van der Waals surface area contributed by atoms with Crippen molar-refractivity contribution in [3.05, 3.63) is 65.2 Å². The summed E-state index contributed by atoms with van der Waals surface area (Å²) in [4.78, 5) is 6.62. The van der Waals surface area contributed by atoms with Crippen molar-refractivity contribution in [2.75, 3.05) is 18.1 Å². The van der Waals surface area contributed by atoms with Crippen LogP contribution in [0.25, 0.3) is 0 Å². The Kier molecular flexibility index (Phi) is 11.2. The number of nitrogens with zero attached hydrogens (tertiary/aromatic N) is 2. The molecule has 0 aromatic heterocycles. The molecular formula is C28H40N3O4S-. The topological polar surface area (TPSA) is 108 Å². The molecule has 2 N–H and O–H groups in total. The molecule has 198 valence electrons. The minimum absolute atomic E-state index is 0.0301. The molecule has 2 aliphatic rings. The third-order valence-electron chi connectivity index (χ3n) is 6.76. The molecule has 2 aromatic carbocycles. The third-order valence-corrected chi connectivity index (χ3v) is 7.21. The summed E-state index contributed by atoms with van der Waals surface area (Å²) in [7, 11) is -4.48. The molecule has 0 amide bonds. The first-order valence-electron chi connectivity index (χ1n) is 13.3. The van der Waals surface area contributed by atoms with Crippen molar-refractivity contribution in [2.24, 2.45) is 10.7 Å². The lowest BCUT2D eigenvalue weighted by atomic mass is 9.97. The number of para-hydroxylation sites is 1. The van der Waals surface area contributed by atoms with E-state index in [9.17, 15) is 13.0 Å². The molecule has 7 nitrogen and oxygen atoms in total. The molecule has 1 atom stereocenters. The van der Waals surface area contributed by atoms with E-state index in [1.54, 1.807) is 0 Å². The minimum atomic E-state index is -4.48. The second kappa shape index (κ2) is 14.4. The van der Waals surface area contributed by atoms with E-state index in [4.69, 9.17) is 5.73 Å². The Labute approximate surface area is 216 Å². The molecule has 1 unspecified atom stereocenters. The van der Waals surface area contributed by atoms with Gasteiger partial charge in [-0.25, -0.2) is 8.42 Å². The molecule has 0 aliphatic carbocycles. The fourth-order valence-electron chi connectivity index (χ4n) is 4.90. The molecule has 0 radical (unpaired) electrons. The highest BCUT2D eigenvalue weighted by Gasteiger charge is 2.33. The van der Waals surface area contributed by atoms with Gasteiger partial charge in [-0.1, -0.05) is 107 Å². The molecule has 0 saturated heterocycles. The summed E-state index contributed by atoms with van der Waals surface area (Å²) < 4.78 is 34.5. The van der Waals surface area contributed by atoms with Crippen molar-refractivity contribution in [1.82, 2.24) is 0 Å². The van der Waals surface area contributed by atoms with Gasteiger partial charge in [0, 0.05) is 5.69 Å². The number of benzene rings is 2. The van der Waals surface area contributed by atoms with Crippen molar-refractivity contribution >= 4 is 22.0 Å². The Balaban J connectivity index is 0.000000203. The van der Waals surface area contributed by atoms with Crippen molar-refractivity contribution < 1.29 is 17.2 Å². The van der Waals surface area contributed by atoms with Gasteiger partial charge in [-0.15, -0.1) is 0 Å². The molecule has 0 fully saturated rings. The summed E-state index contributed by atoms with van der Waals surface area (Å²) >= 11 is 0. The molecular weight excluding hydrogens is 474 g/mol. The van der Waals surface area contributed by atoms with Crippen LogP contribution in [0.15, 0.2) is 53.5 Å². The Morgan fingerprint density at radius 2 is 1.50 bits per heavy atom. The van der Waals surface area contributed by atoms with Crippen LogP contribution in [0.5, 0.6) is 0 Å². The van der Waals surface area contributed by atoms with Gasteiger partial charge in [-0.05, 0) is 35.6 Å². The maximum atomic E-state index is 10.1. The highest BCUT2D eigenvalue weighted by molar-refractivity contribution is 7.80. The quantitative estimate of drug-likeness (QED) is 0.216. The standard InChI is InChI=1S/C16H15N3.C12H26O4S/c17-16-18-10-15-13-7-3-1-5-11(13)9-12-6-2-4-8-14(12)19(15)16;1-2-3-4-5-6-7-8-9-10-11-12-16-17(13,14)15/h1-8,15H,9-10H2,(H2,17,18);2-12H2,1H3,(H,13,14,15)/p-1. The van der Waals surface area contributed by atoms with Crippen LogP contribution in [0, 0.1) is 0 Å². The van der Waals surface area contributed by atoms with Crippen molar-refractivity contribution in [2.45, 2.75) is 83.6 Å². The molecule has 0 saturated carbocycles. The molecule has 0 spiro atoms. The summed E-state index contributed by atoms with van der Waals surface area (Å²) in [5.74, 6) is 0.633. The van der Waals surface area contributed by atoms with Gasteiger partial charge >= 0.3 is 0 Å². The van der Waals surface area contributed by atoms with Crippen molar-refractivity contribution in [1.29, 1.82) is 0 Å². The van der Waals surface area contributed by atoms with Gasteiger partial charge < -0.3 is 15.2 Å². The smallest absolute Gasteiger partial charge is 0.217 e. The van der Waals surface area contributed by atoms with Gasteiger partial charge in [0.25, 0.3) is 0 Å². The van der Waals surface area contributed by atoms with E-state index in [2.05, 4.69) is 69.5 Å². The summed E-state index contributed by atoms with van der Waals surface area (Å²) in [5, 5.41) is 0. The highest BCUT2D eigenvalue weighted by Crippen LogP contribution is 2.39. The third kappa shape index (κ3) is 8.61. The maximum absolute atomic E-state index is 10.1. The minimum Gasteiger partial charge on any atom is -0.726 e. The van der Waals surface area contributed by atoms with E-state index in [0.717, 1.165) is 25.8 Å². The van der Waals surface area contributed by atoms with Crippen LogP contribution in [0.4, 0.5) is 5.69 Å². The first kappa shape index (κ1) is 28.2. The summed E-state index contributed by atoms with van der Waals surface area (Å²) in [5.41, 5.74) is 11.4. The molecule has 2 aliphatic heterocycles. The van der Waals surface area contributed by atoms with Crippen LogP contribution in [0.3, 0.4) is 0 Å². The van der Waals surface area contributed by atoms with Gasteiger partial charge in [0.1, 0.15) is 0 Å². The van der Waals surface area contributed by atoms with E-state index in [-0.39, 0.29) is 12.6 Å². The summed E-state index contributed by atoms with van der Waals surface area (Å²) in [6.45, 7) is 2.99. The van der Waals surface area contributed by atoms with Crippen LogP contribution >= 0.6 is 0 Å². The fraction of sp³-hybridized carbons (Fsp3) is 0.536. The zero-order valence-corrected chi connectivity index (χ0v) is 22.2. The number of rotatable bonds is 12. The highest BCUT2D eigenvalue weighted by atomic mass is 32.3. The number of aliphatic imine (C=N–C) groups is 1. The Hall–Kier alpha value is -2.42. The van der Waals surface area contributed by atoms with Crippen LogP contribution in [-0.4, -0.2) is 32.1 Å². The monoisotopic (exact) mass is 514 g/mol. The van der Waals surface area contributed by atoms with Gasteiger partial charge in [0.05, 0.1) is 19.2 Å². The van der Waals surface area contributed by atoms with E-state index < -0.39 is 10.4 Å². The molecule has 0 bridgehead atoms. The molecule has 36 heavy (non-hydrogen) atoms. The van der Waals surface area contributed by atoms with E-state index in [1.807, 2.05) is 0 Å². The zero-order valence-electron chi connectivity index (χ0n) is 21.4. The molecule has 2 aromatic rings. The molecule has 4 rings (SSSR count). The number of unbranched alkanes of at least 4 members (excludes halogenated alkanes) is 9. The average molecular weight is 515 g/mol. The lowest BCUT2D eigenvalue weighted by molar-refractivity contribution is 0.255. The first-order chi connectivity index (χ1) is 17.4. The number of hydrogen-bond acceptors (Lipinski definition) is 7.